The van der Waals surface area contributed by atoms with Crippen LogP contribution in [0.4, 0.5) is 10.5 Å². The molecule has 1 aliphatic rings. The molecule has 1 heterocycles. The molecule has 6 nitrogen and oxygen atoms in total. The number of piperidine rings is 1. The second-order valence-corrected chi connectivity index (χ2v) is 7.82. The Hall–Kier alpha value is -2.86. The van der Waals surface area contributed by atoms with Crippen molar-refractivity contribution in [2.24, 2.45) is 5.92 Å². The average Bonchev–Trinajstić information content (AvgIpc) is 2.74. The van der Waals surface area contributed by atoms with Gasteiger partial charge in [0, 0.05) is 25.3 Å². The maximum absolute atomic E-state index is 13.0. The lowest BCUT2D eigenvalue weighted by Crippen LogP contribution is -2.48. The van der Waals surface area contributed by atoms with E-state index in [1.807, 2.05) is 74.8 Å². The van der Waals surface area contributed by atoms with E-state index in [0.717, 1.165) is 30.6 Å². The van der Waals surface area contributed by atoms with Crippen LogP contribution in [0.15, 0.2) is 60.7 Å². The summed E-state index contributed by atoms with van der Waals surface area (Å²) in [7, 11) is 4.00. The third kappa shape index (κ3) is 6.06. The molecule has 0 saturated carbocycles. The molecule has 1 saturated heterocycles. The van der Waals surface area contributed by atoms with Gasteiger partial charge in [0.25, 0.3) is 0 Å². The number of carbonyl (C=O) groups is 2. The maximum atomic E-state index is 13.0. The zero-order chi connectivity index (χ0) is 20.6. The van der Waals surface area contributed by atoms with E-state index in [9.17, 15) is 9.59 Å². The number of hydrogen-bond donors (Lipinski definition) is 2. The van der Waals surface area contributed by atoms with Crippen LogP contribution in [-0.2, 0) is 4.79 Å². The predicted octanol–water partition coefficient (Wildman–Crippen LogP) is 3.35. The van der Waals surface area contributed by atoms with Gasteiger partial charge >= 0.3 is 6.03 Å². The lowest BCUT2D eigenvalue weighted by molar-refractivity contribution is -0.127. The Bertz CT molecular complexity index is 795. The van der Waals surface area contributed by atoms with Crippen LogP contribution in [0.2, 0.25) is 0 Å². The molecule has 0 aromatic heterocycles. The molecule has 3 amide bonds. The van der Waals surface area contributed by atoms with Crippen LogP contribution in [0.5, 0.6) is 0 Å². The van der Waals surface area contributed by atoms with E-state index in [1.165, 1.54) is 0 Å². The van der Waals surface area contributed by atoms with Gasteiger partial charge in [0.1, 0.15) is 0 Å². The van der Waals surface area contributed by atoms with Crippen molar-refractivity contribution in [3.8, 4) is 0 Å². The molecular formula is C23H30N4O2. The Labute approximate surface area is 172 Å². The third-order valence-corrected chi connectivity index (χ3v) is 5.17. The molecule has 2 N–H and O–H groups in total. The highest BCUT2D eigenvalue weighted by Crippen LogP contribution is 2.20. The first-order chi connectivity index (χ1) is 14.0. The van der Waals surface area contributed by atoms with Crippen molar-refractivity contribution in [3.05, 3.63) is 66.2 Å². The molecule has 154 valence electrons. The zero-order valence-corrected chi connectivity index (χ0v) is 17.2. The highest BCUT2D eigenvalue weighted by molar-refractivity contribution is 5.90. The number of likely N-dealkylation sites (N-methyl/N-ethyl adjacent to an activating group) is 1. The van der Waals surface area contributed by atoms with Crippen LogP contribution in [0.1, 0.15) is 24.4 Å². The minimum absolute atomic E-state index is 0.0120. The third-order valence-electron chi connectivity index (χ3n) is 5.17. The normalized spacial score (nSPS) is 17.6. The van der Waals surface area contributed by atoms with Gasteiger partial charge in [0.2, 0.25) is 5.91 Å². The number of para-hydroxylation sites is 1. The Kier molecular flexibility index (Phi) is 7.25. The van der Waals surface area contributed by atoms with Gasteiger partial charge in [0.15, 0.2) is 0 Å². The van der Waals surface area contributed by atoms with Crippen molar-refractivity contribution in [1.29, 1.82) is 0 Å². The summed E-state index contributed by atoms with van der Waals surface area (Å²) in [4.78, 5) is 29.4. The molecule has 3 rings (SSSR count). The summed E-state index contributed by atoms with van der Waals surface area (Å²) in [5.74, 6) is -0.184. The number of urea groups is 1. The van der Waals surface area contributed by atoms with Gasteiger partial charge in [-0.05, 0) is 44.6 Å². The van der Waals surface area contributed by atoms with E-state index in [2.05, 4.69) is 15.5 Å². The maximum Gasteiger partial charge on any atom is 0.321 e. The Balaban J connectivity index is 1.61. The number of nitrogens with one attached hydrogen (secondary N) is 2. The lowest BCUT2D eigenvalue weighted by Gasteiger charge is -2.33. The van der Waals surface area contributed by atoms with Gasteiger partial charge in [-0.25, -0.2) is 4.79 Å². The lowest BCUT2D eigenvalue weighted by atomic mass is 9.96. The van der Waals surface area contributed by atoms with Crippen molar-refractivity contribution in [3.63, 3.8) is 0 Å². The highest BCUT2D eigenvalue weighted by Gasteiger charge is 2.30. The molecule has 2 aromatic carbocycles. The molecule has 0 radical (unpaired) electrons. The number of rotatable bonds is 6. The van der Waals surface area contributed by atoms with Crippen molar-refractivity contribution >= 4 is 17.6 Å². The Morgan fingerprint density at radius 3 is 2.38 bits per heavy atom. The number of nitrogens with zero attached hydrogens (tertiary/aromatic N) is 2. The van der Waals surface area contributed by atoms with Gasteiger partial charge in [-0.3, -0.25) is 4.79 Å². The molecule has 1 fully saturated rings. The Morgan fingerprint density at radius 2 is 1.72 bits per heavy atom. The summed E-state index contributed by atoms with van der Waals surface area (Å²) in [5, 5.41) is 6.12. The van der Waals surface area contributed by atoms with E-state index < -0.39 is 0 Å². The van der Waals surface area contributed by atoms with Crippen LogP contribution in [-0.4, -0.2) is 55.5 Å². The van der Waals surface area contributed by atoms with Gasteiger partial charge in [-0.2, -0.15) is 0 Å². The second kappa shape index (κ2) is 10.1. The van der Waals surface area contributed by atoms with Crippen LogP contribution in [0.3, 0.4) is 0 Å². The number of likely N-dealkylation sites (tertiary alicyclic amines) is 1. The summed E-state index contributed by atoms with van der Waals surface area (Å²) in [5.41, 5.74) is 1.85. The van der Waals surface area contributed by atoms with Gasteiger partial charge in [-0.1, -0.05) is 48.5 Å². The van der Waals surface area contributed by atoms with E-state index in [0.29, 0.717) is 13.1 Å². The van der Waals surface area contributed by atoms with Gasteiger partial charge in [-0.15, -0.1) is 0 Å². The number of amides is 3. The number of carbonyl (C=O) groups excluding carboxylic acids is 2. The first kappa shape index (κ1) is 20.9. The fraction of sp³-hybridized carbons (Fsp3) is 0.391. The molecule has 0 unspecified atom stereocenters. The summed E-state index contributed by atoms with van der Waals surface area (Å²) >= 11 is 0. The number of hydrogen-bond acceptors (Lipinski definition) is 3. The fourth-order valence-electron chi connectivity index (χ4n) is 3.67. The number of benzene rings is 2. The fourth-order valence-corrected chi connectivity index (χ4v) is 3.67. The molecule has 0 aliphatic carbocycles. The summed E-state index contributed by atoms with van der Waals surface area (Å²) < 4.78 is 0. The summed E-state index contributed by atoms with van der Waals surface area (Å²) in [6, 6.07) is 19.2. The Morgan fingerprint density at radius 1 is 1.07 bits per heavy atom. The molecule has 0 spiro atoms. The summed E-state index contributed by atoms with van der Waals surface area (Å²) in [6.45, 7) is 1.83. The van der Waals surface area contributed by atoms with Gasteiger partial charge < -0.3 is 20.4 Å². The zero-order valence-electron chi connectivity index (χ0n) is 17.2. The van der Waals surface area contributed by atoms with E-state index in [1.54, 1.807) is 4.90 Å². The van der Waals surface area contributed by atoms with E-state index in [4.69, 9.17) is 0 Å². The standard InChI is InChI=1S/C23H30N4O2/c1-26(2)17-21(18-10-5-3-6-11-18)25-22(28)19-12-9-15-27(16-19)23(29)24-20-13-7-4-8-14-20/h3-8,10-11,13-14,19,21H,9,12,15-17H2,1-2H3,(H,24,29)(H,25,28)/t19-,21+/m1/s1. The van der Waals surface area contributed by atoms with Crippen LogP contribution >= 0.6 is 0 Å². The van der Waals surface area contributed by atoms with Crippen LogP contribution in [0, 0.1) is 5.92 Å². The molecule has 29 heavy (non-hydrogen) atoms. The topological polar surface area (TPSA) is 64.7 Å². The molecule has 0 bridgehead atoms. The average molecular weight is 395 g/mol. The molecule has 1 aliphatic heterocycles. The molecular weight excluding hydrogens is 364 g/mol. The predicted molar refractivity (Wildman–Crippen MR) is 116 cm³/mol. The smallest absolute Gasteiger partial charge is 0.321 e. The second-order valence-electron chi connectivity index (χ2n) is 7.82. The summed E-state index contributed by atoms with van der Waals surface area (Å²) in [6.07, 6.45) is 1.62. The van der Waals surface area contributed by atoms with Gasteiger partial charge in [0.05, 0.1) is 12.0 Å². The first-order valence-corrected chi connectivity index (χ1v) is 10.1. The SMILES string of the molecule is CN(C)C[C@H](NC(=O)[C@@H]1CCCN(C(=O)Nc2ccccc2)C1)c1ccccc1. The van der Waals surface area contributed by atoms with E-state index in [-0.39, 0.29) is 23.9 Å². The van der Waals surface area contributed by atoms with Crippen molar-refractivity contribution in [1.82, 2.24) is 15.1 Å². The highest BCUT2D eigenvalue weighted by atomic mass is 16.2. The monoisotopic (exact) mass is 394 g/mol. The van der Waals surface area contributed by atoms with E-state index >= 15 is 0 Å². The van der Waals surface area contributed by atoms with Crippen LogP contribution in [0.25, 0.3) is 0 Å². The largest absolute Gasteiger partial charge is 0.348 e. The molecule has 6 heteroatoms. The molecule has 2 aromatic rings. The first-order valence-electron chi connectivity index (χ1n) is 10.1. The minimum Gasteiger partial charge on any atom is -0.348 e. The quantitative estimate of drug-likeness (QED) is 0.790. The molecule has 2 atom stereocenters. The van der Waals surface area contributed by atoms with Crippen LogP contribution < -0.4 is 10.6 Å². The van der Waals surface area contributed by atoms with Crippen molar-refractivity contribution in [2.75, 3.05) is 39.0 Å². The van der Waals surface area contributed by atoms with Crippen molar-refractivity contribution < 1.29 is 9.59 Å². The van der Waals surface area contributed by atoms with Crippen molar-refractivity contribution in [2.45, 2.75) is 18.9 Å². The number of anilines is 1. The minimum atomic E-state index is -0.196.